The fourth-order valence-corrected chi connectivity index (χ4v) is 1.54. The Labute approximate surface area is 89.7 Å². The first-order valence-electron chi connectivity index (χ1n) is 3.89. The molecule has 0 saturated carbocycles. The molecule has 1 aromatic carbocycles. The van der Waals surface area contributed by atoms with Crippen molar-refractivity contribution in [3.05, 3.63) is 27.7 Å². The van der Waals surface area contributed by atoms with Crippen molar-refractivity contribution in [1.82, 2.24) is 0 Å². The van der Waals surface area contributed by atoms with E-state index in [0.29, 0.717) is 15.6 Å². The van der Waals surface area contributed by atoms with Crippen LogP contribution in [-0.2, 0) is 0 Å². The van der Waals surface area contributed by atoms with Crippen LogP contribution in [0.15, 0.2) is 16.6 Å². The third-order valence-corrected chi connectivity index (χ3v) is 2.42. The Morgan fingerprint density at radius 2 is 2.21 bits per heavy atom. The lowest BCUT2D eigenvalue weighted by molar-refractivity contribution is 0.265. The summed E-state index contributed by atoms with van der Waals surface area (Å²) in [7, 11) is 0. The van der Waals surface area contributed by atoms with Crippen molar-refractivity contribution in [2.45, 2.75) is 6.04 Å². The van der Waals surface area contributed by atoms with Gasteiger partial charge >= 0.3 is 0 Å². The molecule has 0 aliphatic carbocycles. The molecular formula is C9H9BrN2O2. The summed E-state index contributed by atoms with van der Waals surface area (Å²) in [5.41, 5.74) is 6.29. The maximum Gasteiger partial charge on any atom is 0.134 e. The molecule has 4 N–H and O–H groups in total. The highest BCUT2D eigenvalue weighted by Crippen LogP contribution is 2.32. The molecule has 0 fully saturated rings. The van der Waals surface area contributed by atoms with Crippen LogP contribution in [0.2, 0.25) is 0 Å². The van der Waals surface area contributed by atoms with Crippen LogP contribution in [-0.4, -0.2) is 16.8 Å². The summed E-state index contributed by atoms with van der Waals surface area (Å²) in [6.07, 6.45) is 0. The van der Waals surface area contributed by atoms with Crippen molar-refractivity contribution < 1.29 is 10.2 Å². The summed E-state index contributed by atoms with van der Waals surface area (Å²) in [5.74, 6) is -0.0365. The van der Waals surface area contributed by atoms with Crippen LogP contribution in [0, 0.1) is 11.3 Å². The Morgan fingerprint density at radius 3 is 2.71 bits per heavy atom. The topological polar surface area (TPSA) is 90.3 Å². The van der Waals surface area contributed by atoms with E-state index in [-0.39, 0.29) is 12.4 Å². The second-order valence-corrected chi connectivity index (χ2v) is 3.65. The molecular weight excluding hydrogens is 248 g/mol. The molecule has 0 bridgehead atoms. The summed E-state index contributed by atoms with van der Waals surface area (Å²) < 4.78 is 0.399. The SMILES string of the molecule is N#Cc1cc(Br)c(O)c([C@@H](N)CO)c1. The smallest absolute Gasteiger partial charge is 0.134 e. The molecule has 0 amide bonds. The van der Waals surface area contributed by atoms with Gasteiger partial charge in [-0.25, -0.2) is 0 Å². The summed E-state index contributed by atoms with van der Waals surface area (Å²) in [4.78, 5) is 0. The van der Waals surface area contributed by atoms with Crippen molar-refractivity contribution in [2.24, 2.45) is 5.73 Å². The molecule has 0 heterocycles. The number of nitrogens with zero attached hydrogens (tertiary/aromatic N) is 1. The number of phenolic OH excluding ortho intramolecular Hbond substituents is 1. The molecule has 14 heavy (non-hydrogen) atoms. The monoisotopic (exact) mass is 256 g/mol. The minimum absolute atomic E-state index is 0.0365. The summed E-state index contributed by atoms with van der Waals surface area (Å²) in [5, 5.41) is 27.1. The van der Waals surface area contributed by atoms with Crippen LogP contribution in [0.25, 0.3) is 0 Å². The number of aliphatic hydroxyl groups is 1. The van der Waals surface area contributed by atoms with E-state index in [4.69, 9.17) is 16.1 Å². The predicted molar refractivity (Wildman–Crippen MR) is 54.5 cm³/mol. The highest BCUT2D eigenvalue weighted by Gasteiger charge is 2.13. The van der Waals surface area contributed by atoms with E-state index in [2.05, 4.69) is 15.9 Å². The molecule has 0 aromatic heterocycles. The van der Waals surface area contributed by atoms with E-state index < -0.39 is 6.04 Å². The number of phenols is 1. The first-order valence-corrected chi connectivity index (χ1v) is 4.68. The van der Waals surface area contributed by atoms with E-state index in [0.717, 1.165) is 0 Å². The Balaban J connectivity index is 3.28. The van der Waals surface area contributed by atoms with Gasteiger partial charge in [0, 0.05) is 5.56 Å². The lowest BCUT2D eigenvalue weighted by Gasteiger charge is -2.12. The molecule has 0 aliphatic rings. The molecule has 0 saturated heterocycles. The Hall–Kier alpha value is -1.09. The predicted octanol–water partition coefficient (Wildman–Crippen LogP) is 1.02. The van der Waals surface area contributed by atoms with Gasteiger partial charge in [0.2, 0.25) is 0 Å². The van der Waals surface area contributed by atoms with Crippen LogP contribution in [0.1, 0.15) is 17.2 Å². The molecule has 5 heteroatoms. The summed E-state index contributed by atoms with van der Waals surface area (Å²) in [6, 6.07) is 4.20. The summed E-state index contributed by atoms with van der Waals surface area (Å²) >= 11 is 3.10. The van der Waals surface area contributed by atoms with Gasteiger partial charge in [-0.3, -0.25) is 0 Å². The third kappa shape index (κ3) is 2.04. The first-order chi connectivity index (χ1) is 6.60. The third-order valence-electron chi connectivity index (χ3n) is 1.82. The van der Waals surface area contributed by atoms with Crippen LogP contribution in [0.5, 0.6) is 5.75 Å². The van der Waals surface area contributed by atoms with Gasteiger partial charge in [-0.15, -0.1) is 0 Å². The van der Waals surface area contributed by atoms with E-state index in [1.807, 2.05) is 6.07 Å². The molecule has 0 unspecified atom stereocenters. The fourth-order valence-electron chi connectivity index (χ4n) is 1.07. The Bertz CT molecular complexity index is 387. The number of benzene rings is 1. The highest BCUT2D eigenvalue weighted by molar-refractivity contribution is 9.10. The van der Waals surface area contributed by atoms with Crippen LogP contribution >= 0.6 is 15.9 Å². The lowest BCUT2D eigenvalue weighted by atomic mass is 10.0. The zero-order chi connectivity index (χ0) is 10.7. The van der Waals surface area contributed by atoms with Crippen molar-refractivity contribution in [2.75, 3.05) is 6.61 Å². The van der Waals surface area contributed by atoms with Gasteiger partial charge < -0.3 is 15.9 Å². The molecule has 0 radical (unpaired) electrons. The Morgan fingerprint density at radius 1 is 1.57 bits per heavy atom. The second kappa shape index (κ2) is 4.42. The van der Waals surface area contributed by atoms with Crippen molar-refractivity contribution in [3.63, 3.8) is 0 Å². The number of nitrogens with two attached hydrogens (primary N) is 1. The molecule has 0 spiro atoms. The molecule has 4 nitrogen and oxygen atoms in total. The molecule has 1 atom stereocenters. The normalized spacial score (nSPS) is 12.1. The number of aliphatic hydroxyl groups excluding tert-OH is 1. The largest absolute Gasteiger partial charge is 0.506 e. The van der Waals surface area contributed by atoms with E-state index >= 15 is 0 Å². The number of halogens is 1. The minimum Gasteiger partial charge on any atom is -0.506 e. The maximum absolute atomic E-state index is 9.57. The van der Waals surface area contributed by atoms with Gasteiger partial charge in [0.05, 0.1) is 28.8 Å². The molecule has 0 aliphatic heterocycles. The summed E-state index contributed by atoms with van der Waals surface area (Å²) in [6.45, 7) is -0.283. The van der Waals surface area contributed by atoms with Crippen molar-refractivity contribution in [1.29, 1.82) is 5.26 Å². The number of hydrogen-bond donors (Lipinski definition) is 3. The lowest BCUT2D eigenvalue weighted by Crippen LogP contribution is -2.14. The Kier molecular flexibility index (Phi) is 3.47. The quantitative estimate of drug-likeness (QED) is 0.737. The van der Waals surface area contributed by atoms with Gasteiger partial charge in [0.15, 0.2) is 0 Å². The van der Waals surface area contributed by atoms with Gasteiger partial charge in [-0.2, -0.15) is 5.26 Å². The molecule has 1 rings (SSSR count). The van der Waals surface area contributed by atoms with Gasteiger partial charge in [0.25, 0.3) is 0 Å². The highest BCUT2D eigenvalue weighted by atomic mass is 79.9. The van der Waals surface area contributed by atoms with E-state index in [9.17, 15) is 5.11 Å². The number of rotatable bonds is 2. The fraction of sp³-hybridized carbons (Fsp3) is 0.222. The standard InChI is InChI=1S/C9H9BrN2O2/c10-7-2-5(3-11)1-6(9(7)14)8(12)4-13/h1-2,8,13-14H,4,12H2/t8-/m0/s1. The van der Waals surface area contributed by atoms with E-state index in [1.165, 1.54) is 12.1 Å². The van der Waals surface area contributed by atoms with Crippen molar-refractivity contribution >= 4 is 15.9 Å². The number of hydrogen-bond acceptors (Lipinski definition) is 4. The van der Waals surface area contributed by atoms with Gasteiger partial charge in [-0.05, 0) is 28.1 Å². The number of nitriles is 1. The zero-order valence-electron chi connectivity index (χ0n) is 7.24. The first kappa shape index (κ1) is 11.0. The average molecular weight is 257 g/mol. The maximum atomic E-state index is 9.57. The number of aromatic hydroxyl groups is 1. The van der Waals surface area contributed by atoms with Crippen molar-refractivity contribution in [3.8, 4) is 11.8 Å². The average Bonchev–Trinajstić information content (AvgIpc) is 2.20. The molecule has 1 aromatic rings. The van der Waals surface area contributed by atoms with Crippen LogP contribution < -0.4 is 5.73 Å². The minimum atomic E-state index is -0.681. The van der Waals surface area contributed by atoms with E-state index in [1.54, 1.807) is 0 Å². The zero-order valence-corrected chi connectivity index (χ0v) is 8.82. The van der Waals surface area contributed by atoms with Crippen LogP contribution in [0.4, 0.5) is 0 Å². The van der Waals surface area contributed by atoms with Gasteiger partial charge in [-0.1, -0.05) is 0 Å². The van der Waals surface area contributed by atoms with Gasteiger partial charge in [0.1, 0.15) is 5.75 Å². The molecule has 74 valence electrons. The van der Waals surface area contributed by atoms with Crippen LogP contribution in [0.3, 0.4) is 0 Å². The second-order valence-electron chi connectivity index (χ2n) is 2.80.